The average molecular weight is 207 g/mol. The molecule has 0 radical (unpaired) electrons. The Morgan fingerprint density at radius 3 is 1.64 bits per heavy atom. The fourth-order valence-electron chi connectivity index (χ4n) is 0.591. The van der Waals surface area contributed by atoms with Gasteiger partial charge in [0.25, 0.3) is 0 Å². The van der Waals surface area contributed by atoms with Crippen LogP contribution in [0.2, 0.25) is 0 Å². The largest absolute Gasteiger partial charge is 0.382 e. The van der Waals surface area contributed by atoms with Gasteiger partial charge in [-0.25, -0.2) is 0 Å². The smallest absolute Gasteiger partial charge is 0.0701 e. The second-order valence-corrected chi connectivity index (χ2v) is 2.74. The van der Waals surface area contributed by atoms with Gasteiger partial charge in [0.2, 0.25) is 0 Å². The fraction of sp³-hybridized carbons (Fsp3) is 1.00. The summed E-state index contributed by atoms with van der Waals surface area (Å²) in [4.78, 5) is 0. The lowest BCUT2D eigenvalue weighted by atomic mass is 10.3. The monoisotopic (exact) mass is 207 g/mol. The van der Waals surface area contributed by atoms with Crippen LogP contribution >= 0.6 is 0 Å². The van der Waals surface area contributed by atoms with E-state index < -0.39 is 0 Å². The molecule has 0 aromatic heterocycles. The third-order valence-electron chi connectivity index (χ3n) is 1.42. The predicted molar refractivity (Wildman–Crippen MR) is 58.5 cm³/mol. The molecule has 4 nitrogen and oxygen atoms in total. The summed E-state index contributed by atoms with van der Waals surface area (Å²) in [5.41, 5.74) is 5.14. The highest BCUT2D eigenvalue weighted by atomic mass is 16.5. The van der Waals surface area contributed by atoms with Gasteiger partial charge in [0, 0.05) is 14.2 Å². The van der Waals surface area contributed by atoms with Gasteiger partial charge in [-0.2, -0.15) is 0 Å². The molecule has 0 fully saturated rings. The number of hydrogen-bond acceptors (Lipinski definition) is 4. The summed E-state index contributed by atoms with van der Waals surface area (Å²) in [5.74, 6) is 0. The maximum absolute atomic E-state index is 5.14. The summed E-state index contributed by atoms with van der Waals surface area (Å²) in [5, 5.41) is 0. The Morgan fingerprint density at radius 1 is 0.929 bits per heavy atom. The number of methoxy groups -OCH3 is 2. The zero-order valence-corrected chi connectivity index (χ0v) is 9.75. The lowest BCUT2D eigenvalue weighted by molar-refractivity contribution is 0.0385. The molecular weight excluding hydrogens is 182 g/mol. The van der Waals surface area contributed by atoms with Crippen LogP contribution in [-0.4, -0.2) is 47.2 Å². The van der Waals surface area contributed by atoms with Crippen LogP contribution in [0.5, 0.6) is 0 Å². The third-order valence-corrected chi connectivity index (χ3v) is 1.42. The van der Waals surface area contributed by atoms with Crippen molar-refractivity contribution in [3.63, 3.8) is 0 Å². The molecule has 0 rings (SSSR count). The van der Waals surface area contributed by atoms with Gasteiger partial charge in [-0.1, -0.05) is 13.3 Å². The Hall–Kier alpha value is -0.160. The van der Waals surface area contributed by atoms with Crippen molar-refractivity contribution in [2.75, 3.05) is 47.2 Å². The van der Waals surface area contributed by atoms with E-state index in [2.05, 4.69) is 6.92 Å². The van der Waals surface area contributed by atoms with Crippen LogP contribution in [0.1, 0.15) is 19.8 Å². The highest BCUT2D eigenvalue weighted by Crippen LogP contribution is 1.77. The second-order valence-electron chi connectivity index (χ2n) is 2.74. The molecule has 0 aliphatic rings. The summed E-state index contributed by atoms with van der Waals surface area (Å²) in [6.07, 6.45) is 2.39. The number of hydrogen-bond donors (Lipinski definition) is 1. The Bertz CT molecular complexity index is 73.8. The Morgan fingerprint density at radius 2 is 1.43 bits per heavy atom. The summed E-state index contributed by atoms with van der Waals surface area (Å²) in [6, 6.07) is 0. The minimum absolute atomic E-state index is 0.653. The van der Waals surface area contributed by atoms with Crippen LogP contribution in [0.3, 0.4) is 0 Å². The first-order valence-corrected chi connectivity index (χ1v) is 5.09. The molecule has 0 heterocycles. The Kier molecular flexibility index (Phi) is 21.6. The van der Waals surface area contributed by atoms with E-state index >= 15 is 0 Å². The minimum atomic E-state index is 0.653. The van der Waals surface area contributed by atoms with Crippen LogP contribution in [-0.2, 0) is 14.2 Å². The van der Waals surface area contributed by atoms with Gasteiger partial charge >= 0.3 is 0 Å². The molecule has 0 amide bonds. The highest BCUT2D eigenvalue weighted by molar-refractivity contribution is 4.29. The molecule has 0 spiro atoms. The summed E-state index contributed by atoms with van der Waals surface area (Å²) < 4.78 is 14.6. The van der Waals surface area contributed by atoms with Crippen LogP contribution in [0.15, 0.2) is 0 Å². The topological polar surface area (TPSA) is 53.7 Å². The van der Waals surface area contributed by atoms with Gasteiger partial charge in [-0.3, -0.25) is 0 Å². The lowest BCUT2D eigenvalue weighted by Gasteiger charge is -2.00. The first kappa shape index (κ1) is 16.3. The molecule has 88 valence electrons. The standard InChI is InChI=1S/C6H14O3.C4H11N/c1-7-3-5-9-6-4-8-2;1-2-3-4-5/h3-6H2,1-2H3;2-5H2,1H3. The van der Waals surface area contributed by atoms with Gasteiger partial charge in [-0.15, -0.1) is 0 Å². The van der Waals surface area contributed by atoms with E-state index in [1.54, 1.807) is 14.2 Å². The molecule has 14 heavy (non-hydrogen) atoms. The SMILES string of the molecule is CCCCN.COCCOCCOC. The van der Waals surface area contributed by atoms with Crippen LogP contribution in [0.25, 0.3) is 0 Å². The van der Waals surface area contributed by atoms with E-state index in [1.807, 2.05) is 0 Å². The number of unbranched alkanes of at least 4 members (excludes halogenated alkanes) is 1. The van der Waals surface area contributed by atoms with Crippen LogP contribution in [0, 0.1) is 0 Å². The summed E-state index contributed by atoms with van der Waals surface area (Å²) >= 11 is 0. The van der Waals surface area contributed by atoms with Gasteiger partial charge in [0.1, 0.15) is 0 Å². The van der Waals surface area contributed by atoms with E-state index in [0.29, 0.717) is 26.4 Å². The van der Waals surface area contributed by atoms with Crippen molar-refractivity contribution >= 4 is 0 Å². The molecule has 0 unspecified atom stereocenters. The van der Waals surface area contributed by atoms with Crippen molar-refractivity contribution in [2.45, 2.75) is 19.8 Å². The second kappa shape index (κ2) is 18.6. The van der Waals surface area contributed by atoms with Crippen molar-refractivity contribution in [1.29, 1.82) is 0 Å². The maximum atomic E-state index is 5.14. The lowest BCUT2D eigenvalue weighted by Crippen LogP contribution is -2.06. The average Bonchev–Trinajstić information content (AvgIpc) is 2.20. The van der Waals surface area contributed by atoms with Crippen molar-refractivity contribution in [2.24, 2.45) is 5.73 Å². The van der Waals surface area contributed by atoms with Gasteiger partial charge in [0.15, 0.2) is 0 Å². The van der Waals surface area contributed by atoms with Crippen molar-refractivity contribution < 1.29 is 14.2 Å². The third kappa shape index (κ3) is 22.6. The molecule has 0 saturated carbocycles. The minimum Gasteiger partial charge on any atom is -0.382 e. The molecule has 2 N–H and O–H groups in total. The molecule has 4 heteroatoms. The first-order valence-electron chi connectivity index (χ1n) is 5.09. The predicted octanol–water partition coefficient (Wildman–Crippen LogP) is 1.04. The van der Waals surface area contributed by atoms with Crippen LogP contribution < -0.4 is 5.73 Å². The quantitative estimate of drug-likeness (QED) is 0.604. The first-order chi connectivity index (χ1) is 6.83. The van der Waals surface area contributed by atoms with Crippen molar-refractivity contribution in [3.8, 4) is 0 Å². The number of ether oxygens (including phenoxy) is 3. The molecular formula is C10H25NO3. The van der Waals surface area contributed by atoms with Gasteiger partial charge in [-0.05, 0) is 13.0 Å². The molecule has 0 atom stereocenters. The Labute approximate surface area is 87.7 Å². The normalized spacial score (nSPS) is 9.43. The van der Waals surface area contributed by atoms with E-state index in [1.165, 1.54) is 12.8 Å². The molecule has 0 aliphatic carbocycles. The summed E-state index contributed by atoms with van der Waals surface area (Å²) in [6.45, 7) is 5.59. The Balaban J connectivity index is 0. The number of rotatable bonds is 8. The van der Waals surface area contributed by atoms with E-state index in [9.17, 15) is 0 Å². The maximum Gasteiger partial charge on any atom is 0.0701 e. The van der Waals surface area contributed by atoms with E-state index in [-0.39, 0.29) is 0 Å². The summed E-state index contributed by atoms with van der Waals surface area (Å²) in [7, 11) is 3.30. The molecule has 0 bridgehead atoms. The number of nitrogens with two attached hydrogens (primary N) is 1. The molecule has 0 saturated heterocycles. The molecule has 0 aromatic carbocycles. The fourth-order valence-corrected chi connectivity index (χ4v) is 0.591. The van der Waals surface area contributed by atoms with E-state index in [0.717, 1.165) is 6.54 Å². The van der Waals surface area contributed by atoms with Gasteiger partial charge < -0.3 is 19.9 Å². The molecule has 0 aromatic rings. The van der Waals surface area contributed by atoms with Crippen molar-refractivity contribution in [3.05, 3.63) is 0 Å². The molecule has 0 aliphatic heterocycles. The zero-order chi connectivity index (χ0) is 11.1. The van der Waals surface area contributed by atoms with E-state index in [4.69, 9.17) is 19.9 Å². The van der Waals surface area contributed by atoms with Crippen LogP contribution in [0.4, 0.5) is 0 Å². The van der Waals surface area contributed by atoms with Crippen molar-refractivity contribution in [1.82, 2.24) is 0 Å². The van der Waals surface area contributed by atoms with Gasteiger partial charge in [0.05, 0.1) is 26.4 Å². The highest BCUT2D eigenvalue weighted by Gasteiger charge is 1.84. The zero-order valence-electron chi connectivity index (χ0n) is 9.75.